The van der Waals surface area contributed by atoms with E-state index in [9.17, 15) is 4.79 Å². The molecule has 122 valence electrons. The Morgan fingerprint density at radius 2 is 2.32 bits per heavy atom. The fraction of sp³-hybridized carbons (Fsp3) is 0.706. The summed E-state index contributed by atoms with van der Waals surface area (Å²) < 4.78 is 10.8. The van der Waals surface area contributed by atoms with Crippen LogP contribution in [0.25, 0.3) is 0 Å². The number of nitrogens with zero attached hydrogens (tertiary/aromatic N) is 2. The Morgan fingerprint density at radius 1 is 1.50 bits per heavy atom. The normalized spacial score (nSPS) is 28.9. The smallest absolute Gasteiger partial charge is 0.289 e. The first-order valence-electron chi connectivity index (χ1n) is 8.14. The lowest BCUT2D eigenvalue weighted by atomic mass is 9.77. The Labute approximate surface area is 132 Å². The minimum atomic E-state index is 0.0329. The van der Waals surface area contributed by atoms with Gasteiger partial charge in [-0.05, 0) is 26.0 Å². The highest BCUT2D eigenvalue weighted by molar-refractivity contribution is 5.93. The first kappa shape index (κ1) is 15.6. The highest BCUT2D eigenvalue weighted by Crippen LogP contribution is 2.44. The molecule has 0 radical (unpaired) electrons. The molecule has 3 rings (SSSR count). The Morgan fingerprint density at radius 3 is 2.95 bits per heavy atom. The molecule has 0 aromatic carbocycles. The zero-order chi connectivity index (χ0) is 15.7. The van der Waals surface area contributed by atoms with Crippen LogP contribution in [0, 0.1) is 18.3 Å². The van der Waals surface area contributed by atoms with E-state index in [2.05, 4.69) is 11.8 Å². The van der Waals surface area contributed by atoms with Crippen LogP contribution in [0.5, 0.6) is 0 Å². The Hall–Kier alpha value is -1.33. The minimum absolute atomic E-state index is 0.0329. The Balaban J connectivity index is 1.75. The number of likely N-dealkylation sites (tertiary alicyclic amines) is 2. The monoisotopic (exact) mass is 306 g/mol. The third-order valence-electron chi connectivity index (χ3n) is 5.43. The zero-order valence-electron chi connectivity index (χ0n) is 13.8. The van der Waals surface area contributed by atoms with Crippen molar-refractivity contribution in [2.24, 2.45) is 11.3 Å². The Bertz CT molecular complexity index is 542. The van der Waals surface area contributed by atoms with Crippen molar-refractivity contribution in [2.75, 3.05) is 46.4 Å². The number of methoxy groups -OCH3 is 1. The van der Waals surface area contributed by atoms with Crippen LogP contribution in [0.15, 0.2) is 16.7 Å². The van der Waals surface area contributed by atoms with Gasteiger partial charge in [-0.15, -0.1) is 0 Å². The van der Waals surface area contributed by atoms with Gasteiger partial charge in [-0.25, -0.2) is 0 Å². The van der Waals surface area contributed by atoms with Gasteiger partial charge in [-0.3, -0.25) is 4.79 Å². The van der Waals surface area contributed by atoms with Crippen molar-refractivity contribution in [3.05, 3.63) is 23.7 Å². The molecule has 5 nitrogen and oxygen atoms in total. The SMILES string of the molecule is CCN1C[C@H](COC)[C@@]2(CCN(C(=O)c3occc3C)C2)C1. The van der Waals surface area contributed by atoms with E-state index >= 15 is 0 Å². The Kier molecular flexibility index (Phi) is 4.28. The largest absolute Gasteiger partial charge is 0.459 e. The molecule has 1 aromatic heterocycles. The van der Waals surface area contributed by atoms with Crippen molar-refractivity contribution in [2.45, 2.75) is 20.3 Å². The predicted molar refractivity (Wildman–Crippen MR) is 83.9 cm³/mol. The van der Waals surface area contributed by atoms with E-state index in [1.54, 1.807) is 13.4 Å². The summed E-state index contributed by atoms with van der Waals surface area (Å²) in [6.45, 7) is 9.74. The molecule has 0 bridgehead atoms. The van der Waals surface area contributed by atoms with Gasteiger partial charge in [-0.2, -0.15) is 0 Å². The topological polar surface area (TPSA) is 45.9 Å². The first-order valence-corrected chi connectivity index (χ1v) is 8.14. The molecule has 1 aromatic rings. The van der Waals surface area contributed by atoms with Gasteiger partial charge in [0.25, 0.3) is 5.91 Å². The highest BCUT2D eigenvalue weighted by Gasteiger charge is 2.51. The summed E-state index contributed by atoms with van der Waals surface area (Å²) >= 11 is 0. The summed E-state index contributed by atoms with van der Waals surface area (Å²) in [7, 11) is 1.77. The molecule has 2 saturated heterocycles. The van der Waals surface area contributed by atoms with E-state index in [1.807, 2.05) is 17.9 Å². The second-order valence-electron chi connectivity index (χ2n) is 6.75. The molecule has 5 heteroatoms. The van der Waals surface area contributed by atoms with Gasteiger partial charge in [0.2, 0.25) is 0 Å². The second kappa shape index (κ2) is 6.05. The van der Waals surface area contributed by atoms with Gasteiger partial charge in [0, 0.05) is 50.2 Å². The van der Waals surface area contributed by atoms with Crippen LogP contribution in [0.1, 0.15) is 29.5 Å². The number of hydrogen-bond donors (Lipinski definition) is 0. The summed E-state index contributed by atoms with van der Waals surface area (Å²) in [5.41, 5.74) is 1.10. The highest BCUT2D eigenvalue weighted by atomic mass is 16.5. The lowest BCUT2D eigenvalue weighted by molar-refractivity contribution is 0.0688. The van der Waals surface area contributed by atoms with E-state index in [4.69, 9.17) is 9.15 Å². The predicted octanol–water partition coefficient (Wildman–Crippen LogP) is 2.02. The molecule has 2 aliphatic heterocycles. The van der Waals surface area contributed by atoms with Gasteiger partial charge in [0.05, 0.1) is 12.9 Å². The maximum Gasteiger partial charge on any atom is 0.289 e. The second-order valence-corrected chi connectivity index (χ2v) is 6.75. The van der Waals surface area contributed by atoms with Crippen molar-refractivity contribution in [3.63, 3.8) is 0 Å². The van der Waals surface area contributed by atoms with Gasteiger partial charge >= 0.3 is 0 Å². The summed E-state index contributed by atoms with van der Waals surface area (Å²) in [6.07, 6.45) is 2.65. The van der Waals surface area contributed by atoms with Crippen LogP contribution < -0.4 is 0 Å². The molecular formula is C17H26N2O3. The fourth-order valence-electron chi connectivity index (χ4n) is 4.08. The van der Waals surface area contributed by atoms with E-state index in [1.165, 1.54) is 0 Å². The van der Waals surface area contributed by atoms with Crippen molar-refractivity contribution in [3.8, 4) is 0 Å². The number of ether oxygens (including phenoxy) is 1. The molecule has 0 unspecified atom stereocenters. The van der Waals surface area contributed by atoms with Gasteiger partial charge in [0.15, 0.2) is 5.76 Å². The quantitative estimate of drug-likeness (QED) is 0.854. The fourth-order valence-corrected chi connectivity index (χ4v) is 4.08. The van der Waals surface area contributed by atoms with Gasteiger partial charge in [0.1, 0.15) is 0 Å². The number of carbonyl (C=O) groups excluding carboxylic acids is 1. The molecular weight excluding hydrogens is 280 g/mol. The summed E-state index contributed by atoms with van der Waals surface area (Å²) in [4.78, 5) is 17.1. The third kappa shape index (κ3) is 2.57. The molecule has 2 atom stereocenters. The number of carbonyl (C=O) groups is 1. The molecule has 1 amide bonds. The number of amides is 1. The van der Waals surface area contributed by atoms with Crippen molar-refractivity contribution in [1.82, 2.24) is 9.80 Å². The van der Waals surface area contributed by atoms with Crippen molar-refractivity contribution < 1.29 is 13.9 Å². The van der Waals surface area contributed by atoms with E-state index < -0.39 is 0 Å². The average Bonchev–Trinajstić information content (AvgIpc) is 3.20. The van der Waals surface area contributed by atoms with Crippen LogP contribution in [0.3, 0.4) is 0 Å². The van der Waals surface area contributed by atoms with Gasteiger partial charge < -0.3 is 19.0 Å². The lowest BCUT2D eigenvalue weighted by Gasteiger charge is -2.30. The maximum atomic E-state index is 12.7. The first-order chi connectivity index (χ1) is 10.6. The van der Waals surface area contributed by atoms with Crippen LogP contribution >= 0.6 is 0 Å². The van der Waals surface area contributed by atoms with Crippen LogP contribution in [-0.4, -0.2) is 62.1 Å². The molecule has 1 spiro atoms. The summed E-state index contributed by atoms with van der Waals surface area (Å²) in [5, 5.41) is 0. The maximum absolute atomic E-state index is 12.7. The molecule has 0 aliphatic carbocycles. The van der Waals surface area contributed by atoms with E-state index in [0.29, 0.717) is 11.7 Å². The summed E-state index contributed by atoms with van der Waals surface area (Å²) in [6, 6.07) is 1.85. The van der Waals surface area contributed by atoms with Crippen LogP contribution in [0.2, 0.25) is 0 Å². The van der Waals surface area contributed by atoms with E-state index in [-0.39, 0.29) is 11.3 Å². The number of hydrogen-bond acceptors (Lipinski definition) is 4. The van der Waals surface area contributed by atoms with Crippen molar-refractivity contribution in [1.29, 1.82) is 0 Å². The molecule has 0 saturated carbocycles. The lowest BCUT2D eigenvalue weighted by Crippen LogP contribution is -2.38. The minimum Gasteiger partial charge on any atom is -0.459 e. The average molecular weight is 306 g/mol. The number of aryl methyl sites for hydroxylation is 1. The number of rotatable bonds is 4. The summed E-state index contributed by atoms with van der Waals surface area (Å²) in [5.74, 6) is 1.03. The third-order valence-corrected chi connectivity index (χ3v) is 5.43. The van der Waals surface area contributed by atoms with Gasteiger partial charge in [-0.1, -0.05) is 6.92 Å². The molecule has 2 aliphatic rings. The molecule has 0 N–H and O–H groups in total. The molecule has 3 heterocycles. The van der Waals surface area contributed by atoms with Crippen molar-refractivity contribution >= 4 is 5.91 Å². The molecule has 2 fully saturated rings. The van der Waals surface area contributed by atoms with E-state index in [0.717, 1.165) is 51.3 Å². The number of furan rings is 1. The zero-order valence-corrected chi connectivity index (χ0v) is 13.8. The van der Waals surface area contributed by atoms with Crippen LogP contribution in [0.4, 0.5) is 0 Å². The molecule has 22 heavy (non-hydrogen) atoms. The standard InChI is InChI=1S/C17H26N2O3/c1-4-18-9-14(10-21-3)17(11-18)6-7-19(12-17)16(20)15-13(2)5-8-22-15/h5,8,14H,4,6-7,9-12H2,1-3H3/t14-,17+/m1/s1. The van der Waals surface area contributed by atoms with Crippen LogP contribution in [-0.2, 0) is 4.74 Å².